The molecule has 2 N–H and O–H groups in total. The summed E-state index contributed by atoms with van der Waals surface area (Å²) in [6.07, 6.45) is 1.59. The van der Waals surface area contributed by atoms with Gasteiger partial charge in [0.05, 0.1) is 17.6 Å². The fraction of sp³-hybridized carbons (Fsp3) is 0.571. The van der Waals surface area contributed by atoms with Crippen molar-refractivity contribution in [2.24, 2.45) is 0 Å². The molecule has 0 radical (unpaired) electrons. The number of nitrogens with one attached hydrogen (secondary N) is 1. The van der Waals surface area contributed by atoms with Crippen molar-refractivity contribution in [1.29, 1.82) is 0 Å². The van der Waals surface area contributed by atoms with Gasteiger partial charge in [0.15, 0.2) is 0 Å². The van der Waals surface area contributed by atoms with E-state index in [1.54, 1.807) is 25.1 Å². The van der Waals surface area contributed by atoms with Crippen molar-refractivity contribution in [3.63, 3.8) is 0 Å². The maximum Gasteiger partial charge on any atom is 0.241 e. The van der Waals surface area contributed by atoms with Crippen molar-refractivity contribution in [3.05, 3.63) is 29.3 Å². The monoisotopic (exact) mass is 299 g/mol. The average Bonchev–Trinajstić information content (AvgIpc) is 2.36. The standard InChI is InChI=1S/C14H21NO4S/c1-3-19-13-7-12(8-13)15-20(17,18)14-6-4-5-11(9-16)10(14)2/h4-6,12-13,15-16H,3,7-9H2,1-2H3. The summed E-state index contributed by atoms with van der Waals surface area (Å²) in [5, 5.41) is 9.21. The molecule has 112 valence electrons. The van der Waals surface area contributed by atoms with Gasteiger partial charge in [-0.1, -0.05) is 12.1 Å². The molecule has 0 bridgehead atoms. The van der Waals surface area contributed by atoms with Gasteiger partial charge in [-0.15, -0.1) is 0 Å². The third-order valence-corrected chi connectivity index (χ3v) is 5.34. The second kappa shape index (κ2) is 6.22. The first-order valence-electron chi connectivity index (χ1n) is 6.81. The van der Waals surface area contributed by atoms with Gasteiger partial charge in [-0.3, -0.25) is 0 Å². The molecule has 0 aliphatic heterocycles. The van der Waals surface area contributed by atoms with Gasteiger partial charge < -0.3 is 9.84 Å². The lowest BCUT2D eigenvalue weighted by Crippen LogP contribution is -2.47. The van der Waals surface area contributed by atoms with Gasteiger partial charge in [0.25, 0.3) is 0 Å². The van der Waals surface area contributed by atoms with Crippen LogP contribution in [-0.2, 0) is 21.4 Å². The van der Waals surface area contributed by atoms with E-state index in [-0.39, 0.29) is 23.6 Å². The summed E-state index contributed by atoms with van der Waals surface area (Å²) in [6, 6.07) is 4.88. The fourth-order valence-corrected chi connectivity index (χ4v) is 3.99. The third-order valence-electron chi connectivity index (χ3n) is 3.68. The lowest BCUT2D eigenvalue weighted by atomic mass is 9.90. The fourth-order valence-electron chi connectivity index (χ4n) is 2.44. The van der Waals surface area contributed by atoms with Crippen molar-refractivity contribution in [2.75, 3.05) is 6.61 Å². The molecule has 0 heterocycles. The molecular formula is C14H21NO4S. The van der Waals surface area contributed by atoms with Crippen LogP contribution >= 0.6 is 0 Å². The Bertz CT molecular complexity index is 565. The van der Waals surface area contributed by atoms with E-state index < -0.39 is 10.0 Å². The Morgan fingerprint density at radius 2 is 2.10 bits per heavy atom. The van der Waals surface area contributed by atoms with Crippen LogP contribution in [0.25, 0.3) is 0 Å². The summed E-state index contributed by atoms with van der Waals surface area (Å²) in [5.41, 5.74) is 1.23. The lowest BCUT2D eigenvalue weighted by Gasteiger charge is -2.35. The summed E-state index contributed by atoms with van der Waals surface area (Å²) in [5.74, 6) is 0. The van der Waals surface area contributed by atoms with Crippen molar-refractivity contribution in [1.82, 2.24) is 4.72 Å². The van der Waals surface area contributed by atoms with Crippen LogP contribution in [0.2, 0.25) is 0 Å². The molecule has 0 atom stereocenters. The molecule has 2 rings (SSSR count). The second-order valence-corrected chi connectivity index (χ2v) is 6.75. The molecule has 0 amide bonds. The predicted octanol–water partition coefficient (Wildman–Crippen LogP) is 1.33. The zero-order valence-electron chi connectivity index (χ0n) is 11.8. The highest BCUT2D eigenvalue weighted by molar-refractivity contribution is 7.89. The minimum atomic E-state index is -3.54. The number of aliphatic hydroxyl groups is 1. The topological polar surface area (TPSA) is 75.6 Å². The highest BCUT2D eigenvalue weighted by Crippen LogP contribution is 2.26. The van der Waals surface area contributed by atoms with Gasteiger partial charge in [-0.25, -0.2) is 13.1 Å². The van der Waals surface area contributed by atoms with Gasteiger partial charge in [-0.2, -0.15) is 0 Å². The van der Waals surface area contributed by atoms with Crippen molar-refractivity contribution in [3.8, 4) is 0 Å². The summed E-state index contributed by atoms with van der Waals surface area (Å²) >= 11 is 0. The van der Waals surface area contributed by atoms with E-state index >= 15 is 0 Å². The van der Waals surface area contributed by atoms with E-state index in [9.17, 15) is 13.5 Å². The maximum atomic E-state index is 12.4. The van der Waals surface area contributed by atoms with Gasteiger partial charge in [0.2, 0.25) is 10.0 Å². The van der Waals surface area contributed by atoms with Crippen LogP contribution in [0, 0.1) is 6.92 Å². The molecule has 0 spiro atoms. The number of rotatable bonds is 6. The van der Waals surface area contributed by atoms with E-state index in [1.807, 2.05) is 6.92 Å². The first-order valence-corrected chi connectivity index (χ1v) is 8.29. The summed E-state index contributed by atoms with van der Waals surface area (Å²) in [4.78, 5) is 0.240. The van der Waals surface area contributed by atoms with Crippen LogP contribution in [0.3, 0.4) is 0 Å². The number of benzene rings is 1. The van der Waals surface area contributed by atoms with Crippen molar-refractivity contribution < 1.29 is 18.3 Å². The third kappa shape index (κ3) is 3.20. The Hall–Kier alpha value is -0.950. The number of hydrogen-bond donors (Lipinski definition) is 2. The normalized spacial score (nSPS) is 22.6. The predicted molar refractivity (Wildman–Crippen MR) is 75.9 cm³/mol. The van der Waals surface area contributed by atoms with E-state index in [0.717, 1.165) is 0 Å². The molecule has 20 heavy (non-hydrogen) atoms. The van der Waals surface area contributed by atoms with E-state index in [4.69, 9.17) is 4.74 Å². The molecule has 0 aromatic heterocycles. The van der Waals surface area contributed by atoms with Crippen molar-refractivity contribution >= 4 is 10.0 Å². The summed E-state index contributed by atoms with van der Waals surface area (Å²) in [7, 11) is -3.54. The molecule has 1 fully saturated rings. The highest BCUT2D eigenvalue weighted by atomic mass is 32.2. The SMILES string of the molecule is CCOC1CC(NS(=O)(=O)c2cccc(CO)c2C)C1. The van der Waals surface area contributed by atoms with Gasteiger partial charge in [0.1, 0.15) is 0 Å². The lowest BCUT2D eigenvalue weighted by molar-refractivity contribution is -0.00475. The van der Waals surface area contributed by atoms with Crippen LogP contribution in [0.15, 0.2) is 23.1 Å². The Morgan fingerprint density at radius 1 is 1.40 bits per heavy atom. The average molecular weight is 299 g/mol. The molecular weight excluding hydrogens is 278 g/mol. The van der Waals surface area contributed by atoms with E-state index in [0.29, 0.717) is 30.6 Å². The maximum absolute atomic E-state index is 12.4. The van der Waals surface area contributed by atoms with Crippen LogP contribution in [-0.4, -0.2) is 32.3 Å². The van der Waals surface area contributed by atoms with Crippen LogP contribution in [0.1, 0.15) is 30.9 Å². The molecule has 5 nitrogen and oxygen atoms in total. The molecule has 1 aliphatic rings. The molecule has 0 unspecified atom stereocenters. The molecule has 1 aromatic carbocycles. The summed E-state index contributed by atoms with van der Waals surface area (Å²) in [6.45, 7) is 4.14. The van der Waals surface area contributed by atoms with Gasteiger partial charge in [0, 0.05) is 12.6 Å². The highest BCUT2D eigenvalue weighted by Gasteiger charge is 2.33. The Morgan fingerprint density at radius 3 is 2.70 bits per heavy atom. The zero-order chi connectivity index (χ0) is 14.8. The van der Waals surface area contributed by atoms with Gasteiger partial charge in [-0.05, 0) is 43.9 Å². The number of sulfonamides is 1. The van der Waals surface area contributed by atoms with Crippen LogP contribution < -0.4 is 4.72 Å². The molecule has 0 saturated heterocycles. The molecule has 1 aliphatic carbocycles. The Balaban J connectivity index is 2.08. The van der Waals surface area contributed by atoms with Gasteiger partial charge >= 0.3 is 0 Å². The minimum Gasteiger partial charge on any atom is -0.392 e. The van der Waals surface area contributed by atoms with E-state index in [1.165, 1.54) is 0 Å². The second-order valence-electron chi connectivity index (χ2n) is 5.07. The quantitative estimate of drug-likeness (QED) is 0.831. The van der Waals surface area contributed by atoms with Crippen LogP contribution in [0.4, 0.5) is 0 Å². The Kier molecular flexibility index (Phi) is 4.80. The van der Waals surface area contributed by atoms with E-state index in [2.05, 4.69) is 4.72 Å². The number of ether oxygens (including phenoxy) is 1. The smallest absolute Gasteiger partial charge is 0.241 e. The molecule has 1 aromatic rings. The summed E-state index contributed by atoms with van der Waals surface area (Å²) < 4.78 is 32.8. The first-order chi connectivity index (χ1) is 9.47. The number of hydrogen-bond acceptors (Lipinski definition) is 4. The Labute approximate surface area is 120 Å². The number of aliphatic hydroxyl groups excluding tert-OH is 1. The van der Waals surface area contributed by atoms with Crippen molar-refractivity contribution in [2.45, 2.75) is 50.3 Å². The molecule has 1 saturated carbocycles. The van der Waals surface area contributed by atoms with Crippen LogP contribution in [0.5, 0.6) is 0 Å². The first kappa shape index (κ1) is 15.4. The minimum absolute atomic E-state index is 0.0614. The largest absolute Gasteiger partial charge is 0.392 e. The molecule has 6 heteroatoms. The zero-order valence-corrected chi connectivity index (χ0v) is 12.6.